The van der Waals surface area contributed by atoms with E-state index in [1.165, 1.54) is 4.31 Å². The van der Waals surface area contributed by atoms with Gasteiger partial charge in [-0.1, -0.05) is 53.6 Å². The van der Waals surface area contributed by atoms with Crippen molar-refractivity contribution in [1.29, 1.82) is 0 Å². The summed E-state index contributed by atoms with van der Waals surface area (Å²) in [7, 11) is -3.51. The molecule has 0 saturated heterocycles. The third-order valence-electron chi connectivity index (χ3n) is 4.55. The highest BCUT2D eigenvalue weighted by Crippen LogP contribution is 2.19. The van der Waals surface area contributed by atoms with Crippen molar-refractivity contribution in [3.63, 3.8) is 0 Å². The molecule has 1 atom stereocenters. The van der Waals surface area contributed by atoms with Gasteiger partial charge < -0.3 is 5.32 Å². The fourth-order valence-electron chi connectivity index (χ4n) is 2.94. The van der Waals surface area contributed by atoms with E-state index in [2.05, 4.69) is 5.32 Å². The van der Waals surface area contributed by atoms with Crippen molar-refractivity contribution in [2.24, 2.45) is 0 Å². The molecule has 0 saturated carbocycles. The summed E-state index contributed by atoms with van der Waals surface area (Å²) < 4.78 is 25.5. The first-order chi connectivity index (χ1) is 12.6. The minimum atomic E-state index is -3.51. The van der Waals surface area contributed by atoms with Crippen LogP contribution in [0, 0.1) is 20.8 Å². The Hall–Kier alpha value is -2.18. The highest BCUT2D eigenvalue weighted by molar-refractivity contribution is 7.88. The predicted molar refractivity (Wildman–Crippen MR) is 109 cm³/mol. The van der Waals surface area contributed by atoms with Gasteiger partial charge in [0.1, 0.15) is 0 Å². The SMILES string of the molecule is Cc1ccc(CN(CC(=O)NC(C)c2cc(C)ccc2C)S(C)(=O)=O)cc1. The van der Waals surface area contributed by atoms with Gasteiger partial charge in [-0.05, 0) is 44.4 Å². The third kappa shape index (κ3) is 6.19. The molecule has 0 aliphatic rings. The molecular weight excluding hydrogens is 360 g/mol. The first-order valence-corrected chi connectivity index (χ1v) is 10.8. The van der Waals surface area contributed by atoms with Gasteiger partial charge in [0, 0.05) is 6.54 Å². The van der Waals surface area contributed by atoms with Crippen molar-refractivity contribution in [2.75, 3.05) is 12.8 Å². The van der Waals surface area contributed by atoms with E-state index in [0.717, 1.165) is 34.1 Å². The Labute approximate surface area is 162 Å². The van der Waals surface area contributed by atoms with Crippen LogP contribution in [0.1, 0.15) is 40.8 Å². The molecule has 6 heteroatoms. The van der Waals surface area contributed by atoms with Crippen molar-refractivity contribution in [3.05, 3.63) is 70.3 Å². The van der Waals surface area contributed by atoms with Crippen LogP contribution < -0.4 is 5.32 Å². The van der Waals surface area contributed by atoms with Crippen molar-refractivity contribution < 1.29 is 13.2 Å². The molecule has 27 heavy (non-hydrogen) atoms. The summed E-state index contributed by atoms with van der Waals surface area (Å²) in [6.45, 7) is 7.85. The molecule has 0 heterocycles. The highest BCUT2D eigenvalue weighted by Gasteiger charge is 2.22. The van der Waals surface area contributed by atoms with Crippen LogP contribution in [0.5, 0.6) is 0 Å². The number of sulfonamides is 1. The number of benzene rings is 2. The Morgan fingerprint density at radius 3 is 2.22 bits per heavy atom. The molecule has 0 aliphatic carbocycles. The Morgan fingerprint density at radius 1 is 1.04 bits per heavy atom. The maximum absolute atomic E-state index is 12.5. The number of nitrogens with one attached hydrogen (secondary N) is 1. The monoisotopic (exact) mass is 388 g/mol. The molecule has 1 N–H and O–H groups in total. The van der Waals surface area contributed by atoms with Crippen LogP contribution >= 0.6 is 0 Å². The Balaban J connectivity index is 2.09. The van der Waals surface area contributed by atoms with Gasteiger partial charge >= 0.3 is 0 Å². The second-order valence-corrected chi connectivity index (χ2v) is 9.15. The van der Waals surface area contributed by atoms with Crippen LogP contribution in [0.3, 0.4) is 0 Å². The summed E-state index contributed by atoms with van der Waals surface area (Å²) in [6, 6.07) is 13.5. The Morgan fingerprint density at radius 2 is 1.63 bits per heavy atom. The van der Waals surface area contributed by atoms with Crippen molar-refractivity contribution in [3.8, 4) is 0 Å². The molecule has 1 unspecified atom stereocenters. The lowest BCUT2D eigenvalue weighted by atomic mass is 10.00. The van der Waals surface area contributed by atoms with E-state index in [1.807, 2.05) is 70.2 Å². The molecule has 0 aliphatic heterocycles. The van der Waals surface area contributed by atoms with Crippen LogP contribution in [0.15, 0.2) is 42.5 Å². The highest BCUT2D eigenvalue weighted by atomic mass is 32.2. The van der Waals surface area contributed by atoms with Gasteiger partial charge in [-0.2, -0.15) is 4.31 Å². The van der Waals surface area contributed by atoms with Gasteiger partial charge in [0.2, 0.25) is 15.9 Å². The molecule has 2 aromatic rings. The van der Waals surface area contributed by atoms with E-state index >= 15 is 0 Å². The molecule has 1 amide bonds. The Kier molecular flexibility index (Phi) is 6.78. The van der Waals surface area contributed by atoms with Crippen LogP contribution in [-0.2, 0) is 21.4 Å². The first kappa shape index (κ1) is 21.1. The van der Waals surface area contributed by atoms with Gasteiger partial charge in [-0.3, -0.25) is 4.79 Å². The van der Waals surface area contributed by atoms with E-state index in [4.69, 9.17) is 0 Å². The summed E-state index contributed by atoms with van der Waals surface area (Å²) in [5.74, 6) is -0.319. The standard InChI is InChI=1S/C21H28N2O3S/c1-15-7-10-19(11-8-15)13-23(27(5,25)26)14-21(24)22-18(4)20-12-16(2)6-9-17(20)3/h6-12,18H,13-14H2,1-5H3,(H,22,24). The lowest BCUT2D eigenvalue weighted by Gasteiger charge is -2.22. The quantitative estimate of drug-likeness (QED) is 0.792. The fourth-order valence-corrected chi connectivity index (χ4v) is 3.67. The number of aryl methyl sites for hydroxylation is 3. The van der Waals surface area contributed by atoms with Crippen LogP contribution in [0.4, 0.5) is 0 Å². The Bertz CT molecular complexity index is 906. The van der Waals surface area contributed by atoms with Gasteiger partial charge in [0.25, 0.3) is 0 Å². The smallest absolute Gasteiger partial charge is 0.235 e. The van der Waals surface area contributed by atoms with Crippen molar-refractivity contribution in [1.82, 2.24) is 9.62 Å². The molecule has 2 rings (SSSR count). The number of amides is 1. The first-order valence-electron chi connectivity index (χ1n) is 8.93. The lowest BCUT2D eigenvalue weighted by Crippen LogP contribution is -2.40. The number of rotatable bonds is 7. The molecule has 0 radical (unpaired) electrons. The van der Waals surface area contributed by atoms with E-state index in [1.54, 1.807) is 0 Å². The van der Waals surface area contributed by atoms with Gasteiger partial charge in [0.15, 0.2) is 0 Å². The maximum atomic E-state index is 12.5. The summed E-state index contributed by atoms with van der Waals surface area (Å²) in [4.78, 5) is 12.5. The zero-order valence-corrected chi connectivity index (χ0v) is 17.4. The minimum absolute atomic E-state index is 0.171. The molecule has 5 nitrogen and oxygen atoms in total. The third-order valence-corrected chi connectivity index (χ3v) is 5.74. The lowest BCUT2D eigenvalue weighted by molar-refractivity contribution is -0.122. The van der Waals surface area contributed by atoms with E-state index in [0.29, 0.717) is 0 Å². The van der Waals surface area contributed by atoms with E-state index < -0.39 is 10.0 Å². The number of hydrogen-bond donors (Lipinski definition) is 1. The topological polar surface area (TPSA) is 66.5 Å². The van der Waals surface area contributed by atoms with Crippen LogP contribution in [0.25, 0.3) is 0 Å². The normalized spacial score (nSPS) is 12.8. The molecule has 0 spiro atoms. The molecule has 0 aromatic heterocycles. The molecule has 0 fully saturated rings. The molecular formula is C21H28N2O3S. The predicted octanol–water partition coefficient (Wildman–Crippen LogP) is 3.25. The van der Waals surface area contributed by atoms with Gasteiger partial charge in [0.05, 0.1) is 18.8 Å². The second kappa shape index (κ2) is 8.67. The summed E-state index contributed by atoms with van der Waals surface area (Å²) in [5.41, 5.74) is 5.20. The number of hydrogen-bond acceptors (Lipinski definition) is 3. The van der Waals surface area contributed by atoms with Crippen molar-refractivity contribution >= 4 is 15.9 Å². The fraction of sp³-hybridized carbons (Fsp3) is 0.381. The molecule has 2 aromatic carbocycles. The zero-order chi connectivity index (χ0) is 20.2. The minimum Gasteiger partial charge on any atom is -0.348 e. The van der Waals surface area contributed by atoms with E-state index in [-0.39, 0.29) is 25.0 Å². The zero-order valence-electron chi connectivity index (χ0n) is 16.6. The van der Waals surface area contributed by atoms with E-state index in [9.17, 15) is 13.2 Å². The van der Waals surface area contributed by atoms with Gasteiger partial charge in [-0.15, -0.1) is 0 Å². The average Bonchev–Trinajstić information content (AvgIpc) is 2.57. The molecule has 0 bridgehead atoms. The number of carbonyl (C=O) groups is 1. The summed E-state index contributed by atoms with van der Waals surface area (Å²) in [5, 5.41) is 2.92. The van der Waals surface area contributed by atoms with Crippen LogP contribution in [-0.4, -0.2) is 31.4 Å². The number of carbonyl (C=O) groups excluding carboxylic acids is 1. The van der Waals surface area contributed by atoms with Crippen molar-refractivity contribution in [2.45, 2.75) is 40.3 Å². The largest absolute Gasteiger partial charge is 0.348 e. The second-order valence-electron chi connectivity index (χ2n) is 7.17. The molecule has 146 valence electrons. The van der Waals surface area contributed by atoms with Gasteiger partial charge in [-0.25, -0.2) is 8.42 Å². The average molecular weight is 389 g/mol. The summed E-state index contributed by atoms with van der Waals surface area (Å²) in [6.07, 6.45) is 1.13. The maximum Gasteiger partial charge on any atom is 0.235 e. The summed E-state index contributed by atoms with van der Waals surface area (Å²) >= 11 is 0. The number of nitrogens with zero attached hydrogens (tertiary/aromatic N) is 1. The van der Waals surface area contributed by atoms with Crippen LogP contribution in [0.2, 0.25) is 0 Å².